The number of allylic oxidation sites excluding steroid dienone is 4. The Labute approximate surface area is 95.2 Å². The van der Waals surface area contributed by atoms with Crippen LogP contribution in [-0.4, -0.2) is 10.9 Å². The van der Waals surface area contributed by atoms with E-state index in [1.165, 1.54) is 6.08 Å². The molecular weight excluding hydrogens is 200 g/mol. The minimum atomic E-state index is -0.0664. The summed E-state index contributed by atoms with van der Waals surface area (Å²) in [5.74, 6) is 0.121. The van der Waals surface area contributed by atoms with E-state index in [0.29, 0.717) is 5.57 Å². The normalized spacial score (nSPS) is 11.7. The summed E-state index contributed by atoms with van der Waals surface area (Å²) in [6, 6.07) is 6.72. The monoisotopic (exact) mass is 214 g/mol. The first-order chi connectivity index (χ1) is 7.63. The Bertz CT molecular complexity index is 454. The SMILES string of the molecule is C=CC=C(C)C(=O)C=Cc1cccc(O)c1. The second kappa shape index (κ2) is 5.71. The van der Waals surface area contributed by atoms with Gasteiger partial charge in [-0.05, 0) is 36.3 Å². The van der Waals surface area contributed by atoms with Crippen LogP contribution < -0.4 is 0 Å². The van der Waals surface area contributed by atoms with Crippen LogP contribution in [0.1, 0.15) is 12.5 Å². The van der Waals surface area contributed by atoms with Crippen molar-refractivity contribution in [2.75, 3.05) is 0 Å². The van der Waals surface area contributed by atoms with Crippen LogP contribution in [0.5, 0.6) is 5.75 Å². The molecule has 0 amide bonds. The number of hydrogen-bond donors (Lipinski definition) is 1. The van der Waals surface area contributed by atoms with Crippen molar-refractivity contribution in [2.45, 2.75) is 6.92 Å². The van der Waals surface area contributed by atoms with E-state index in [4.69, 9.17) is 0 Å². The van der Waals surface area contributed by atoms with Gasteiger partial charge in [-0.1, -0.05) is 36.9 Å². The first-order valence-electron chi connectivity index (χ1n) is 4.94. The van der Waals surface area contributed by atoms with Crippen molar-refractivity contribution in [3.63, 3.8) is 0 Å². The van der Waals surface area contributed by atoms with Crippen LogP contribution in [0.3, 0.4) is 0 Å². The van der Waals surface area contributed by atoms with Crippen molar-refractivity contribution < 1.29 is 9.90 Å². The molecule has 0 heterocycles. The molecule has 0 saturated carbocycles. The lowest BCUT2D eigenvalue weighted by molar-refractivity contribution is -0.111. The van der Waals surface area contributed by atoms with Gasteiger partial charge in [0.25, 0.3) is 0 Å². The molecule has 0 spiro atoms. The van der Waals surface area contributed by atoms with Gasteiger partial charge in [0.05, 0.1) is 0 Å². The molecule has 0 aromatic heterocycles. The summed E-state index contributed by atoms with van der Waals surface area (Å²) in [7, 11) is 0. The fourth-order valence-electron chi connectivity index (χ4n) is 1.19. The molecule has 0 atom stereocenters. The zero-order valence-electron chi connectivity index (χ0n) is 9.18. The summed E-state index contributed by atoms with van der Waals surface area (Å²) < 4.78 is 0. The number of carbonyl (C=O) groups is 1. The van der Waals surface area contributed by atoms with Crippen LogP contribution in [-0.2, 0) is 4.79 Å². The number of phenols is 1. The van der Waals surface area contributed by atoms with Gasteiger partial charge in [-0.3, -0.25) is 4.79 Å². The van der Waals surface area contributed by atoms with Gasteiger partial charge >= 0.3 is 0 Å². The number of rotatable bonds is 4. The van der Waals surface area contributed by atoms with Crippen molar-refractivity contribution in [1.29, 1.82) is 0 Å². The molecule has 0 bridgehead atoms. The lowest BCUT2D eigenvalue weighted by Crippen LogP contribution is -1.93. The predicted molar refractivity (Wildman–Crippen MR) is 66.1 cm³/mol. The third kappa shape index (κ3) is 3.58. The Hall–Kier alpha value is -2.09. The highest BCUT2D eigenvalue weighted by atomic mass is 16.3. The summed E-state index contributed by atoms with van der Waals surface area (Å²) in [5.41, 5.74) is 1.42. The molecule has 1 rings (SSSR count). The molecule has 1 N–H and O–H groups in total. The van der Waals surface area contributed by atoms with Crippen molar-refractivity contribution >= 4 is 11.9 Å². The molecule has 0 fully saturated rings. The maximum absolute atomic E-state index is 11.5. The van der Waals surface area contributed by atoms with Crippen LogP contribution in [0.25, 0.3) is 6.08 Å². The van der Waals surface area contributed by atoms with E-state index >= 15 is 0 Å². The summed E-state index contributed by atoms with van der Waals surface area (Å²) in [4.78, 5) is 11.5. The highest BCUT2D eigenvalue weighted by Crippen LogP contribution is 2.12. The first-order valence-corrected chi connectivity index (χ1v) is 4.94. The third-order valence-corrected chi connectivity index (χ3v) is 2.05. The van der Waals surface area contributed by atoms with E-state index in [1.54, 1.807) is 43.4 Å². The average Bonchev–Trinajstić information content (AvgIpc) is 2.26. The van der Waals surface area contributed by atoms with Crippen LogP contribution in [0, 0.1) is 0 Å². The van der Waals surface area contributed by atoms with Gasteiger partial charge in [0, 0.05) is 0 Å². The molecular formula is C14H14O2. The maximum Gasteiger partial charge on any atom is 0.181 e. The minimum Gasteiger partial charge on any atom is -0.508 e. The van der Waals surface area contributed by atoms with Crippen molar-refractivity contribution in [3.8, 4) is 5.75 Å². The Morgan fingerprint density at radius 1 is 1.44 bits per heavy atom. The molecule has 0 saturated heterocycles. The van der Waals surface area contributed by atoms with Gasteiger partial charge in [0.1, 0.15) is 5.75 Å². The Morgan fingerprint density at radius 3 is 2.81 bits per heavy atom. The van der Waals surface area contributed by atoms with E-state index in [-0.39, 0.29) is 11.5 Å². The lowest BCUT2D eigenvalue weighted by atomic mass is 10.1. The minimum absolute atomic E-state index is 0.0664. The van der Waals surface area contributed by atoms with E-state index in [9.17, 15) is 9.90 Å². The van der Waals surface area contributed by atoms with Crippen molar-refractivity contribution in [2.24, 2.45) is 0 Å². The molecule has 2 heteroatoms. The van der Waals surface area contributed by atoms with Crippen LogP contribution >= 0.6 is 0 Å². The molecule has 16 heavy (non-hydrogen) atoms. The van der Waals surface area contributed by atoms with E-state index < -0.39 is 0 Å². The van der Waals surface area contributed by atoms with Crippen molar-refractivity contribution in [1.82, 2.24) is 0 Å². The van der Waals surface area contributed by atoms with E-state index in [0.717, 1.165) is 5.56 Å². The molecule has 0 aliphatic heterocycles. The lowest BCUT2D eigenvalue weighted by Gasteiger charge is -1.95. The highest BCUT2D eigenvalue weighted by molar-refractivity contribution is 6.06. The molecule has 0 radical (unpaired) electrons. The van der Waals surface area contributed by atoms with Crippen LogP contribution in [0.15, 0.2) is 54.6 Å². The third-order valence-electron chi connectivity index (χ3n) is 2.05. The fourth-order valence-corrected chi connectivity index (χ4v) is 1.19. The molecule has 0 aliphatic carbocycles. The molecule has 0 unspecified atom stereocenters. The second-order valence-corrected chi connectivity index (χ2v) is 3.38. The molecule has 2 nitrogen and oxygen atoms in total. The number of carbonyl (C=O) groups excluding carboxylic acids is 1. The molecule has 1 aromatic rings. The second-order valence-electron chi connectivity index (χ2n) is 3.38. The average molecular weight is 214 g/mol. The number of benzene rings is 1. The topological polar surface area (TPSA) is 37.3 Å². The van der Waals surface area contributed by atoms with Gasteiger partial charge in [0.2, 0.25) is 0 Å². The Balaban J connectivity index is 2.78. The standard InChI is InChI=1S/C14H14O2/c1-3-5-11(2)14(16)9-8-12-6-4-7-13(15)10-12/h3-10,15H,1H2,2H3. The fraction of sp³-hybridized carbons (Fsp3) is 0.0714. The van der Waals surface area contributed by atoms with Crippen molar-refractivity contribution in [3.05, 3.63) is 60.2 Å². The molecule has 1 aromatic carbocycles. The van der Waals surface area contributed by atoms with Gasteiger partial charge in [-0.25, -0.2) is 0 Å². The quantitative estimate of drug-likeness (QED) is 0.617. The van der Waals surface area contributed by atoms with Crippen LogP contribution in [0.4, 0.5) is 0 Å². The summed E-state index contributed by atoms with van der Waals surface area (Å²) >= 11 is 0. The number of aromatic hydroxyl groups is 1. The first kappa shape index (κ1) is 12.0. The molecule has 82 valence electrons. The zero-order chi connectivity index (χ0) is 12.0. The largest absolute Gasteiger partial charge is 0.508 e. The van der Waals surface area contributed by atoms with Gasteiger partial charge in [-0.2, -0.15) is 0 Å². The number of hydrogen-bond acceptors (Lipinski definition) is 2. The number of ketones is 1. The maximum atomic E-state index is 11.5. The summed E-state index contributed by atoms with van der Waals surface area (Å²) in [5, 5.41) is 9.23. The van der Waals surface area contributed by atoms with E-state index in [1.807, 2.05) is 6.07 Å². The highest BCUT2D eigenvalue weighted by Gasteiger charge is 1.97. The Kier molecular flexibility index (Phi) is 4.28. The summed E-state index contributed by atoms with van der Waals surface area (Å²) in [6.45, 7) is 5.26. The van der Waals surface area contributed by atoms with E-state index in [2.05, 4.69) is 6.58 Å². The van der Waals surface area contributed by atoms with Gasteiger partial charge in [-0.15, -0.1) is 0 Å². The molecule has 0 aliphatic rings. The van der Waals surface area contributed by atoms with Gasteiger partial charge < -0.3 is 5.11 Å². The van der Waals surface area contributed by atoms with Gasteiger partial charge in [0.15, 0.2) is 5.78 Å². The zero-order valence-corrected chi connectivity index (χ0v) is 9.18. The summed E-state index contributed by atoms with van der Waals surface area (Å²) in [6.07, 6.45) is 6.39. The smallest absolute Gasteiger partial charge is 0.181 e. The van der Waals surface area contributed by atoms with Crippen LogP contribution in [0.2, 0.25) is 0 Å². The Morgan fingerprint density at radius 2 is 2.19 bits per heavy atom. The number of phenolic OH excluding ortho intramolecular Hbond substituents is 1. The predicted octanol–water partition coefficient (Wildman–Crippen LogP) is 3.11.